The fraction of sp³-hybridized carbons (Fsp3) is 0.600. The Hall–Kier alpha value is -2.08. The van der Waals surface area contributed by atoms with Gasteiger partial charge in [0.15, 0.2) is 0 Å². The van der Waals surface area contributed by atoms with E-state index in [1.807, 2.05) is 23.1 Å². The Labute approximate surface area is 155 Å². The number of amides is 2. The van der Waals surface area contributed by atoms with Crippen LogP contribution in [0.15, 0.2) is 30.3 Å². The molecule has 1 saturated heterocycles. The molecule has 1 aromatic carbocycles. The summed E-state index contributed by atoms with van der Waals surface area (Å²) in [6, 6.07) is 10.4. The Morgan fingerprint density at radius 2 is 1.81 bits per heavy atom. The van der Waals surface area contributed by atoms with Gasteiger partial charge in [0.25, 0.3) is 0 Å². The van der Waals surface area contributed by atoms with Crippen LogP contribution in [0.3, 0.4) is 0 Å². The molecule has 1 saturated carbocycles. The van der Waals surface area contributed by atoms with E-state index in [0.717, 1.165) is 51.9 Å². The van der Waals surface area contributed by atoms with Crippen LogP contribution in [0.2, 0.25) is 0 Å². The summed E-state index contributed by atoms with van der Waals surface area (Å²) in [4.78, 5) is 28.8. The van der Waals surface area contributed by atoms with Gasteiger partial charge in [0, 0.05) is 56.8 Å². The predicted octanol–water partition coefficient (Wildman–Crippen LogP) is 1.36. The monoisotopic (exact) mass is 358 g/mol. The van der Waals surface area contributed by atoms with Crippen LogP contribution in [0.25, 0.3) is 0 Å². The van der Waals surface area contributed by atoms with Gasteiger partial charge in [-0.15, -0.1) is 0 Å². The van der Waals surface area contributed by atoms with E-state index in [-0.39, 0.29) is 23.8 Å². The summed E-state index contributed by atoms with van der Waals surface area (Å²) in [6.45, 7) is 3.59. The normalized spacial score (nSPS) is 23.6. The second-order valence-corrected chi connectivity index (χ2v) is 7.37. The minimum atomic E-state index is 0.0169. The number of nitrogens with one attached hydrogen (secondary N) is 1. The smallest absolute Gasteiger partial charge is 0.224 e. The van der Waals surface area contributed by atoms with Crippen LogP contribution in [0, 0.1) is 5.92 Å². The van der Waals surface area contributed by atoms with Crippen molar-refractivity contribution >= 4 is 17.5 Å². The van der Waals surface area contributed by atoms with E-state index < -0.39 is 0 Å². The van der Waals surface area contributed by atoms with Crippen molar-refractivity contribution in [3.63, 3.8) is 0 Å². The van der Waals surface area contributed by atoms with E-state index in [4.69, 9.17) is 5.73 Å². The molecular formula is C20H30N4O2. The third-order valence-electron chi connectivity index (χ3n) is 5.48. The summed E-state index contributed by atoms with van der Waals surface area (Å²) in [5.41, 5.74) is 7.15. The number of piperazine rings is 1. The summed E-state index contributed by atoms with van der Waals surface area (Å²) in [6.07, 6.45) is 4.08. The fourth-order valence-electron chi connectivity index (χ4n) is 3.91. The van der Waals surface area contributed by atoms with Crippen molar-refractivity contribution in [2.75, 3.05) is 37.6 Å². The summed E-state index contributed by atoms with van der Waals surface area (Å²) in [5.74, 6) is 0.198. The highest BCUT2D eigenvalue weighted by molar-refractivity contribution is 5.80. The first-order valence-corrected chi connectivity index (χ1v) is 9.74. The van der Waals surface area contributed by atoms with Crippen LogP contribution in [-0.2, 0) is 9.59 Å². The van der Waals surface area contributed by atoms with Crippen LogP contribution in [0.4, 0.5) is 5.69 Å². The van der Waals surface area contributed by atoms with E-state index >= 15 is 0 Å². The Morgan fingerprint density at radius 3 is 2.50 bits per heavy atom. The Morgan fingerprint density at radius 1 is 1.08 bits per heavy atom. The lowest BCUT2D eigenvalue weighted by molar-refractivity contribution is -0.131. The number of rotatable bonds is 5. The molecule has 26 heavy (non-hydrogen) atoms. The number of para-hydroxylation sites is 1. The van der Waals surface area contributed by atoms with Gasteiger partial charge in [-0.05, 0) is 31.4 Å². The molecule has 0 spiro atoms. The lowest BCUT2D eigenvalue weighted by Crippen LogP contribution is -2.49. The average molecular weight is 358 g/mol. The van der Waals surface area contributed by atoms with Crippen molar-refractivity contribution < 1.29 is 9.59 Å². The van der Waals surface area contributed by atoms with Gasteiger partial charge in [0.2, 0.25) is 11.8 Å². The van der Waals surface area contributed by atoms with E-state index in [2.05, 4.69) is 22.3 Å². The molecule has 1 heterocycles. The summed E-state index contributed by atoms with van der Waals surface area (Å²) < 4.78 is 0. The fourth-order valence-corrected chi connectivity index (χ4v) is 3.91. The molecule has 3 N–H and O–H groups in total. The zero-order chi connectivity index (χ0) is 18.4. The second-order valence-electron chi connectivity index (χ2n) is 7.37. The van der Waals surface area contributed by atoms with Crippen LogP contribution < -0.4 is 16.0 Å². The molecule has 2 aliphatic rings. The maximum atomic E-state index is 12.4. The first-order valence-electron chi connectivity index (χ1n) is 9.74. The van der Waals surface area contributed by atoms with Gasteiger partial charge in [-0.3, -0.25) is 9.59 Å². The first-order chi connectivity index (χ1) is 12.6. The quantitative estimate of drug-likeness (QED) is 0.833. The number of hydrogen-bond acceptors (Lipinski definition) is 4. The van der Waals surface area contributed by atoms with Crippen molar-refractivity contribution in [2.24, 2.45) is 11.7 Å². The largest absolute Gasteiger partial charge is 0.368 e. The van der Waals surface area contributed by atoms with Gasteiger partial charge in [0.05, 0.1) is 0 Å². The van der Waals surface area contributed by atoms with Crippen molar-refractivity contribution in [1.29, 1.82) is 0 Å². The molecule has 2 unspecified atom stereocenters. The number of benzene rings is 1. The number of hydrogen-bond donors (Lipinski definition) is 2. The summed E-state index contributed by atoms with van der Waals surface area (Å²) in [7, 11) is 0. The van der Waals surface area contributed by atoms with E-state index in [1.165, 1.54) is 5.69 Å². The van der Waals surface area contributed by atoms with E-state index in [1.54, 1.807) is 0 Å². The maximum Gasteiger partial charge on any atom is 0.224 e. The van der Waals surface area contributed by atoms with Gasteiger partial charge in [-0.25, -0.2) is 0 Å². The van der Waals surface area contributed by atoms with Crippen LogP contribution in [0.5, 0.6) is 0 Å². The molecule has 1 aliphatic heterocycles. The lowest BCUT2D eigenvalue weighted by atomic mass is 9.85. The summed E-state index contributed by atoms with van der Waals surface area (Å²) in [5, 5.41) is 2.93. The zero-order valence-electron chi connectivity index (χ0n) is 15.4. The molecule has 1 aromatic rings. The van der Waals surface area contributed by atoms with Crippen molar-refractivity contribution in [3.05, 3.63) is 30.3 Å². The highest BCUT2D eigenvalue weighted by Gasteiger charge is 2.25. The molecule has 2 atom stereocenters. The number of anilines is 1. The molecule has 0 aromatic heterocycles. The molecule has 2 fully saturated rings. The molecule has 2 amide bonds. The third kappa shape index (κ3) is 4.97. The number of carbonyl (C=O) groups excluding carboxylic acids is 2. The zero-order valence-corrected chi connectivity index (χ0v) is 15.4. The number of nitrogens with two attached hydrogens (primary N) is 1. The highest BCUT2D eigenvalue weighted by atomic mass is 16.2. The Balaban J connectivity index is 1.36. The minimum absolute atomic E-state index is 0.0169. The molecule has 3 rings (SSSR count). The number of nitrogens with zero attached hydrogens (tertiary/aromatic N) is 2. The highest BCUT2D eigenvalue weighted by Crippen LogP contribution is 2.23. The van der Waals surface area contributed by atoms with Crippen molar-refractivity contribution in [2.45, 2.75) is 38.1 Å². The molecule has 0 bridgehead atoms. The summed E-state index contributed by atoms with van der Waals surface area (Å²) >= 11 is 0. The van der Waals surface area contributed by atoms with Crippen LogP contribution in [0.1, 0.15) is 32.1 Å². The van der Waals surface area contributed by atoms with Gasteiger partial charge in [0.1, 0.15) is 0 Å². The molecule has 142 valence electrons. The van der Waals surface area contributed by atoms with Crippen molar-refractivity contribution in [1.82, 2.24) is 10.2 Å². The van der Waals surface area contributed by atoms with Gasteiger partial charge >= 0.3 is 0 Å². The number of carbonyl (C=O) groups is 2. The van der Waals surface area contributed by atoms with Gasteiger partial charge in [-0.2, -0.15) is 0 Å². The Bertz CT molecular complexity index is 599. The lowest BCUT2D eigenvalue weighted by Gasteiger charge is -2.36. The van der Waals surface area contributed by atoms with E-state index in [9.17, 15) is 9.59 Å². The molecule has 0 radical (unpaired) electrons. The first kappa shape index (κ1) is 18.7. The van der Waals surface area contributed by atoms with Crippen LogP contribution >= 0.6 is 0 Å². The molecule has 6 heteroatoms. The predicted molar refractivity (Wildman–Crippen MR) is 103 cm³/mol. The molecule has 1 aliphatic carbocycles. The average Bonchev–Trinajstić information content (AvgIpc) is 2.68. The van der Waals surface area contributed by atoms with Gasteiger partial charge in [-0.1, -0.05) is 24.6 Å². The topological polar surface area (TPSA) is 78.7 Å². The van der Waals surface area contributed by atoms with Gasteiger partial charge < -0.3 is 20.9 Å². The maximum absolute atomic E-state index is 12.4. The SMILES string of the molecule is NC1CCCC(C(=O)NCCC(=O)N2CCN(c3ccccc3)CC2)C1. The second kappa shape index (κ2) is 9.03. The van der Waals surface area contributed by atoms with E-state index in [0.29, 0.717) is 13.0 Å². The standard InChI is InChI=1S/C20H30N4O2/c21-17-6-4-5-16(15-17)20(26)22-10-9-19(25)24-13-11-23(12-14-24)18-7-2-1-3-8-18/h1-3,7-8,16-17H,4-6,9-15,21H2,(H,22,26). The molecular weight excluding hydrogens is 328 g/mol. The Kier molecular flexibility index (Phi) is 6.50. The molecule has 6 nitrogen and oxygen atoms in total. The third-order valence-corrected chi connectivity index (χ3v) is 5.48. The van der Waals surface area contributed by atoms with Crippen molar-refractivity contribution in [3.8, 4) is 0 Å². The minimum Gasteiger partial charge on any atom is -0.368 e. The van der Waals surface area contributed by atoms with Crippen LogP contribution in [-0.4, -0.2) is 55.5 Å².